The van der Waals surface area contributed by atoms with Gasteiger partial charge in [-0.25, -0.2) is 0 Å². The van der Waals surface area contributed by atoms with Crippen LogP contribution in [0.4, 0.5) is 5.69 Å². The lowest BCUT2D eigenvalue weighted by molar-refractivity contribution is 0.0943. The third kappa shape index (κ3) is 5.24. The number of amides is 1. The molecule has 0 atom stereocenters. The van der Waals surface area contributed by atoms with Crippen LogP contribution < -0.4 is 30.4 Å². The van der Waals surface area contributed by atoms with E-state index in [0.717, 1.165) is 12.1 Å². The smallest absolute Gasteiger partial charge is 0.269 e. The number of carbonyl (C=O) groups is 1. The van der Waals surface area contributed by atoms with Crippen LogP contribution in [0, 0.1) is 0 Å². The third-order valence-corrected chi connectivity index (χ3v) is 4.04. The van der Waals surface area contributed by atoms with Crippen molar-refractivity contribution in [3.8, 4) is 17.2 Å². The van der Waals surface area contributed by atoms with Gasteiger partial charge in [0.15, 0.2) is 16.6 Å². The highest BCUT2D eigenvalue weighted by molar-refractivity contribution is 7.80. The van der Waals surface area contributed by atoms with E-state index in [0.29, 0.717) is 22.8 Å². The Labute approximate surface area is 164 Å². The molecule has 2 aromatic carbocycles. The second-order valence-electron chi connectivity index (χ2n) is 5.50. The number of carbonyl (C=O) groups excluding carboxylic acids is 1. The number of rotatable bonds is 6. The van der Waals surface area contributed by atoms with Gasteiger partial charge in [0.25, 0.3) is 5.91 Å². The van der Waals surface area contributed by atoms with Gasteiger partial charge in [0, 0.05) is 11.3 Å². The minimum absolute atomic E-state index is 0.264. The highest BCUT2D eigenvalue weighted by atomic mass is 32.1. The molecule has 0 spiro atoms. The number of hydrazine groups is 1. The van der Waals surface area contributed by atoms with Crippen molar-refractivity contribution >= 4 is 28.9 Å². The Kier molecular flexibility index (Phi) is 7.25. The molecule has 27 heavy (non-hydrogen) atoms. The van der Waals surface area contributed by atoms with Gasteiger partial charge in [-0.3, -0.25) is 15.6 Å². The van der Waals surface area contributed by atoms with Crippen molar-refractivity contribution in [3.05, 3.63) is 47.5 Å². The van der Waals surface area contributed by atoms with E-state index in [2.05, 4.69) is 23.1 Å². The highest BCUT2D eigenvalue weighted by Crippen LogP contribution is 2.38. The summed E-state index contributed by atoms with van der Waals surface area (Å²) < 4.78 is 15.7. The Morgan fingerprint density at radius 1 is 0.963 bits per heavy atom. The molecule has 0 saturated heterocycles. The molecule has 0 radical (unpaired) electrons. The van der Waals surface area contributed by atoms with Crippen molar-refractivity contribution in [2.75, 3.05) is 26.6 Å². The largest absolute Gasteiger partial charge is 0.493 e. The van der Waals surface area contributed by atoms with Crippen LogP contribution in [0.5, 0.6) is 17.2 Å². The molecule has 0 saturated carbocycles. The predicted molar refractivity (Wildman–Crippen MR) is 109 cm³/mol. The Morgan fingerprint density at radius 3 is 2.04 bits per heavy atom. The zero-order valence-electron chi connectivity index (χ0n) is 15.7. The van der Waals surface area contributed by atoms with Crippen molar-refractivity contribution in [3.63, 3.8) is 0 Å². The Balaban J connectivity index is 2.01. The van der Waals surface area contributed by atoms with E-state index in [1.54, 1.807) is 12.1 Å². The molecular weight excluding hydrogens is 366 g/mol. The van der Waals surface area contributed by atoms with Crippen molar-refractivity contribution in [2.24, 2.45) is 0 Å². The van der Waals surface area contributed by atoms with E-state index in [1.165, 1.54) is 26.9 Å². The van der Waals surface area contributed by atoms with Gasteiger partial charge in [-0.2, -0.15) is 0 Å². The Bertz CT molecular complexity index is 784. The molecule has 0 heterocycles. The maximum absolute atomic E-state index is 12.4. The maximum Gasteiger partial charge on any atom is 0.269 e. The van der Waals surface area contributed by atoms with Crippen LogP contribution in [0.2, 0.25) is 0 Å². The first-order chi connectivity index (χ1) is 13.0. The molecule has 3 N–H and O–H groups in total. The van der Waals surface area contributed by atoms with Gasteiger partial charge in [-0.05, 0) is 48.5 Å². The number of benzene rings is 2. The number of anilines is 1. The molecule has 0 bridgehead atoms. The number of thiocarbonyl (C=S) groups is 1. The van der Waals surface area contributed by atoms with Crippen LogP contribution in [0.25, 0.3) is 0 Å². The Morgan fingerprint density at radius 2 is 1.56 bits per heavy atom. The van der Waals surface area contributed by atoms with E-state index < -0.39 is 5.91 Å². The van der Waals surface area contributed by atoms with Crippen molar-refractivity contribution in [1.82, 2.24) is 10.9 Å². The fourth-order valence-electron chi connectivity index (χ4n) is 2.38. The fourth-order valence-corrected chi connectivity index (χ4v) is 2.55. The first kappa shape index (κ1) is 20.3. The summed E-state index contributed by atoms with van der Waals surface area (Å²) in [5.74, 6) is 0.786. The third-order valence-electron chi connectivity index (χ3n) is 3.84. The molecule has 0 aromatic heterocycles. The van der Waals surface area contributed by atoms with Crippen molar-refractivity contribution in [2.45, 2.75) is 13.3 Å². The summed E-state index contributed by atoms with van der Waals surface area (Å²) in [7, 11) is 4.47. The van der Waals surface area contributed by atoms with Crippen LogP contribution in [0.15, 0.2) is 36.4 Å². The lowest BCUT2D eigenvalue weighted by Crippen LogP contribution is -2.43. The van der Waals surface area contributed by atoms with Crippen LogP contribution in [0.1, 0.15) is 22.8 Å². The summed E-state index contributed by atoms with van der Waals surface area (Å²) in [6.07, 6.45) is 0.966. The quantitative estimate of drug-likeness (QED) is 0.518. The van der Waals surface area contributed by atoms with Crippen LogP contribution in [0.3, 0.4) is 0 Å². The zero-order valence-corrected chi connectivity index (χ0v) is 16.5. The van der Waals surface area contributed by atoms with E-state index >= 15 is 0 Å². The number of aryl methyl sites for hydroxylation is 1. The SMILES string of the molecule is CCc1ccc(NC(=S)NNC(=O)c2cc(OC)c(OC)c(OC)c2)cc1. The summed E-state index contributed by atoms with van der Waals surface area (Å²) >= 11 is 5.20. The number of methoxy groups -OCH3 is 3. The van der Waals surface area contributed by atoms with E-state index in [1.807, 2.05) is 24.3 Å². The number of hydrogen-bond acceptors (Lipinski definition) is 5. The zero-order chi connectivity index (χ0) is 19.8. The van der Waals surface area contributed by atoms with Gasteiger partial charge in [0.2, 0.25) is 5.75 Å². The van der Waals surface area contributed by atoms with E-state index in [-0.39, 0.29) is 5.11 Å². The van der Waals surface area contributed by atoms with Gasteiger partial charge in [-0.1, -0.05) is 19.1 Å². The monoisotopic (exact) mass is 389 g/mol. The lowest BCUT2D eigenvalue weighted by Gasteiger charge is -2.15. The first-order valence-corrected chi connectivity index (χ1v) is 8.69. The van der Waals surface area contributed by atoms with Gasteiger partial charge < -0.3 is 19.5 Å². The molecule has 0 fully saturated rings. The summed E-state index contributed by atoms with van der Waals surface area (Å²) in [6.45, 7) is 2.09. The maximum atomic E-state index is 12.4. The van der Waals surface area contributed by atoms with Crippen molar-refractivity contribution < 1.29 is 19.0 Å². The molecule has 0 aliphatic rings. The molecule has 144 valence electrons. The van der Waals surface area contributed by atoms with Gasteiger partial charge in [0.05, 0.1) is 21.3 Å². The molecule has 1 amide bonds. The van der Waals surface area contributed by atoms with Crippen LogP contribution in [-0.4, -0.2) is 32.3 Å². The summed E-state index contributed by atoms with van der Waals surface area (Å²) in [5.41, 5.74) is 7.59. The van der Waals surface area contributed by atoms with E-state index in [9.17, 15) is 4.79 Å². The fraction of sp³-hybridized carbons (Fsp3) is 0.263. The van der Waals surface area contributed by atoms with Gasteiger partial charge in [0.1, 0.15) is 0 Å². The highest BCUT2D eigenvalue weighted by Gasteiger charge is 2.17. The molecule has 0 aliphatic heterocycles. The molecule has 7 nitrogen and oxygen atoms in total. The summed E-state index contributed by atoms with van der Waals surface area (Å²) in [4.78, 5) is 12.4. The minimum atomic E-state index is -0.403. The molecule has 8 heteroatoms. The van der Waals surface area contributed by atoms with Crippen LogP contribution >= 0.6 is 12.2 Å². The molecular formula is C19H23N3O4S. The number of ether oxygens (including phenoxy) is 3. The lowest BCUT2D eigenvalue weighted by atomic mass is 10.1. The standard InChI is InChI=1S/C19H23N3O4S/c1-5-12-6-8-14(9-7-12)20-19(27)22-21-18(23)13-10-15(24-2)17(26-4)16(11-13)25-3/h6-11H,5H2,1-4H3,(H,21,23)(H2,20,22,27). The predicted octanol–water partition coefficient (Wildman–Crippen LogP) is 2.91. The van der Waals surface area contributed by atoms with Gasteiger partial charge >= 0.3 is 0 Å². The summed E-state index contributed by atoms with van der Waals surface area (Å²) in [6, 6.07) is 11.0. The van der Waals surface area contributed by atoms with Gasteiger partial charge in [-0.15, -0.1) is 0 Å². The topological polar surface area (TPSA) is 80.9 Å². The molecule has 0 unspecified atom stereocenters. The second kappa shape index (κ2) is 9.63. The summed E-state index contributed by atoms with van der Waals surface area (Å²) in [5, 5.41) is 3.26. The average Bonchev–Trinajstić information content (AvgIpc) is 2.71. The van der Waals surface area contributed by atoms with Crippen molar-refractivity contribution in [1.29, 1.82) is 0 Å². The first-order valence-electron chi connectivity index (χ1n) is 8.28. The molecule has 0 aliphatic carbocycles. The molecule has 2 aromatic rings. The van der Waals surface area contributed by atoms with Crippen LogP contribution in [-0.2, 0) is 6.42 Å². The van der Waals surface area contributed by atoms with E-state index in [4.69, 9.17) is 26.4 Å². The minimum Gasteiger partial charge on any atom is -0.493 e. The number of hydrogen-bond donors (Lipinski definition) is 3. The normalized spacial score (nSPS) is 9.93. The average molecular weight is 389 g/mol. The second-order valence-corrected chi connectivity index (χ2v) is 5.91. The molecule has 2 rings (SSSR count). The number of nitrogens with one attached hydrogen (secondary N) is 3. The Hall–Kier alpha value is -3.00.